The van der Waals surface area contributed by atoms with Crippen LogP contribution in [0.15, 0.2) is 24.3 Å². The molecule has 6 heteroatoms. The second-order valence-electron chi connectivity index (χ2n) is 5.14. The zero-order valence-corrected chi connectivity index (χ0v) is 12.5. The molecule has 2 heterocycles. The molecular weight excluding hydrogens is 299 g/mol. The Morgan fingerprint density at radius 3 is 2.76 bits per heavy atom. The summed E-state index contributed by atoms with van der Waals surface area (Å²) in [6.07, 6.45) is -1.43. The third kappa shape index (κ3) is 3.07. The van der Waals surface area contributed by atoms with Crippen LogP contribution in [0.1, 0.15) is 18.9 Å². The molecule has 4 nitrogen and oxygen atoms in total. The van der Waals surface area contributed by atoms with Crippen LogP contribution in [0.5, 0.6) is 0 Å². The van der Waals surface area contributed by atoms with Gasteiger partial charge in [0.05, 0.1) is 12.7 Å². The maximum Gasteiger partial charge on any atom is 0.190 e. The van der Waals surface area contributed by atoms with Crippen LogP contribution >= 0.6 is 11.6 Å². The molecule has 2 saturated heterocycles. The lowest BCUT2D eigenvalue weighted by molar-refractivity contribution is -0.178. The average molecular weight is 317 g/mol. The van der Waals surface area contributed by atoms with E-state index in [1.54, 1.807) is 0 Å². The van der Waals surface area contributed by atoms with Gasteiger partial charge in [-0.1, -0.05) is 36.7 Å². The van der Waals surface area contributed by atoms with Crippen molar-refractivity contribution in [2.75, 3.05) is 6.67 Å². The maximum atomic E-state index is 12.7. The Morgan fingerprint density at radius 2 is 2.05 bits per heavy atom. The van der Waals surface area contributed by atoms with Gasteiger partial charge in [0, 0.05) is 5.02 Å². The molecule has 5 atom stereocenters. The van der Waals surface area contributed by atoms with Crippen LogP contribution in [0.25, 0.3) is 0 Å². The smallest absolute Gasteiger partial charge is 0.190 e. The molecule has 0 amide bonds. The number of hydrogen-bond donors (Lipinski definition) is 0. The van der Waals surface area contributed by atoms with E-state index in [4.69, 9.17) is 30.5 Å². The van der Waals surface area contributed by atoms with Gasteiger partial charge in [-0.05, 0) is 18.1 Å². The first-order valence-corrected chi connectivity index (χ1v) is 7.48. The van der Waals surface area contributed by atoms with Crippen LogP contribution in [-0.4, -0.2) is 37.6 Å². The molecule has 0 radical (unpaired) electrons. The number of alkyl halides is 1. The van der Waals surface area contributed by atoms with Gasteiger partial charge >= 0.3 is 0 Å². The van der Waals surface area contributed by atoms with Crippen molar-refractivity contribution in [2.45, 2.75) is 50.8 Å². The van der Waals surface area contributed by atoms with E-state index in [9.17, 15) is 4.39 Å². The number of hydrogen-bond acceptors (Lipinski definition) is 4. The van der Waals surface area contributed by atoms with Gasteiger partial charge in [-0.2, -0.15) is 0 Å². The molecule has 0 aromatic heterocycles. The zero-order chi connectivity index (χ0) is 14.8. The quantitative estimate of drug-likeness (QED) is 0.836. The first-order valence-electron chi connectivity index (χ1n) is 7.10. The van der Waals surface area contributed by atoms with Gasteiger partial charge in [0.2, 0.25) is 0 Å². The number of halogens is 2. The Morgan fingerprint density at radius 1 is 1.24 bits per heavy atom. The van der Waals surface area contributed by atoms with Gasteiger partial charge in [0.25, 0.3) is 0 Å². The summed E-state index contributed by atoms with van der Waals surface area (Å²) in [5, 5.41) is 0.659. The maximum absolute atomic E-state index is 12.7. The topological polar surface area (TPSA) is 36.9 Å². The molecule has 116 valence electrons. The molecule has 2 aliphatic heterocycles. The average Bonchev–Trinajstić information content (AvgIpc) is 3.03. The minimum atomic E-state index is -0.857. The van der Waals surface area contributed by atoms with Crippen molar-refractivity contribution in [1.82, 2.24) is 0 Å². The molecule has 0 spiro atoms. The molecule has 1 aromatic carbocycles. The Kier molecular flexibility index (Phi) is 4.76. The fraction of sp³-hybridized carbons (Fsp3) is 0.600. The summed E-state index contributed by atoms with van der Waals surface area (Å²) in [4.78, 5) is 0. The summed E-state index contributed by atoms with van der Waals surface area (Å²) in [6.45, 7) is 1.67. The molecule has 1 aromatic rings. The third-order valence-corrected chi connectivity index (χ3v) is 4.15. The van der Waals surface area contributed by atoms with Gasteiger partial charge in [-0.25, -0.2) is 4.39 Å². The Hall–Kier alpha value is -0.720. The van der Waals surface area contributed by atoms with Crippen LogP contribution < -0.4 is 0 Å². The summed E-state index contributed by atoms with van der Waals surface area (Å²) >= 11 is 6.12. The first kappa shape index (κ1) is 15.2. The van der Waals surface area contributed by atoms with Crippen LogP contribution in [0.4, 0.5) is 4.39 Å². The summed E-state index contributed by atoms with van der Waals surface area (Å²) in [5.41, 5.74) is 0.901. The molecule has 0 aliphatic carbocycles. The van der Waals surface area contributed by atoms with Crippen molar-refractivity contribution in [1.29, 1.82) is 0 Å². The van der Waals surface area contributed by atoms with Gasteiger partial charge in [0.15, 0.2) is 12.6 Å². The summed E-state index contributed by atoms with van der Waals surface area (Å²) in [7, 11) is 0. The summed E-state index contributed by atoms with van der Waals surface area (Å²) in [5.74, 6) is 0. The van der Waals surface area contributed by atoms with Gasteiger partial charge < -0.3 is 18.9 Å². The van der Waals surface area contributed by atoms with E-state index in [1.165, 1.54) is 0 Å². The van der Waals surface area contributed by atoms with E-state index in [-0.39, 0.29) is 12.2 Å². The van der Waals surface area contributed by atoms with E-state index >= 15 is 0 Å². The number of rotatable bonds is 5. The lowest BCUT2D eigenvalue weighted by atomic mass is 10.1. The minimum absolute atomic E-state index is 0.122. The monoisotopic (exact) mass is 316 g/mol. The number of fused-ring (bicyclic) bond motifs is 1. The van der Waals surface area contributed by atoms with Crippen molar-refractivity contribution < 1.29 is 23.3 Å². The molecule has 0 bridgehead atoms. The Bertz CT molecular complexity index is 486. The minimum Gasteiger partial charge on any atom is -0.368 e. The van der Waals surface area contributed by atoms with Crippen LogP contribution in [0, 0.1) is 0 Å². The van der Waals surface area contributed by atoms with E-state index < -0.39 is 25.4 Å². The van der Waals surface area contributed by atoms with Crippen molar-refractivity contribution in [3.63, 3.8) is 0 Å². The van der Waals surface area contributed by atoms with Gasteiger partial charge in [-0.15, -0.1) is 0 Å². The van der Waals surface area contributed by atoms with Crippen LogP contribution in [0.2, 0.25) is 5.02 Å². The second kappa shape index (κ2) is 6.58. The zero-order valence-electron chi connectivity index (χ0n) is 11.7. The first-order chi connectivity index (χ1) is 10.2. The van der Waals surface area contributed by atoms with Crippen molar-refractivity contribution in [3.05, 3.63) is 34.9 Å². The molecule has 0 N–H and O–H groups in total. The molecule has 21 heavy (non-hydrogen) atoms. The van der Waals surface area contributed by atoms with Gasteiger partial charge in [-0.3, -0.25) is 0 Å². The Balaban J connectivity index is 1.66. The van der Waals surface area contributed by atoms with Crippen LogP contribution in [-0.2, 0) is 25.6 Å². The van der Waals surface area contributed by atoms with E-state index in [2.05, 4.69) is 0 Å². The molecule has 2 aliphatic rings. The predicted molar refractivity (Wildman–Crippen MR) is 74.7 cm³/mol. The highest BCUT2D eigenvalue weighted by Gasteiger charge is 2.52. The van der Waals surface area contributed by atoms with Crippen molar-refractivity contribution in [2.24, 2.45) is 0 Å². The van der Waals surface area contributed by atoms with Crippen molar-refractivity contribution in [3.8, 4) is 0 Å². The standard InChI is InChI=1S/C15H18ClFO4/c1-2-11-13(14-15(19-11)21-12(7-17)20-14)18-8-9-5-3-4-6-10(9)16/h3-6,11-15H,2,7-8H2,1H3/t11-,12?,13+,14-,15-/m1/s1. The third-order valence-electron chi connectivity index (χ3n) is 3.78. The fourth-order valence-electron chi connectivity index (χ4n) is 2.71. The predicted octanol–water partition coefficient (Wildman–Crippen LogP) is 3.07. The fourth-order valence-corrected chi connectivity index (χ4v) is 2.90. The summed E-state index contributed by atoms with van der Waals surface area (Å²) in [6, 6.07) is 7.51. The Labute approximate surface area is 128 Å². The largest absolute Gasteiger partial charge is 0.368 e. The second-order valence-corrected chi connectivity index (χ2v) is 5.55. The highest BCUT2D eigenvalue weighted by molar-refractivity contribution is 6.31. The van der Waals surface area contributed by atoms with E-state index in [1.807, 2.05) is 31.2 Å². The van der Waals surface area contributed by atoms with E-state index in [0.29, 0.717) is 11.6 Å². The molecule has 3 rings (SSSR count). The van der Waals surface area contributed by atoms with Crippen molar-refractivity contribution >= 4 is 11.6 Å². The highest BCUT2D eigenvalue weighted by atomic mass is 35.5. The normalized spacial score (nSPS) is 35.1. The lowest BCUT2D eigenvalue weighted by Crippen LogP contribution is -2.35. The van der Waals surface area contributed by atoms with E-state index in [0.717, 1.165) is 12.0 Å². The number of ether oxygens (including phenoxy) is 4. The molecule has 0 saturated carbocycles. The molecule has 2 fully saturated rings. The molecule has 1 unspecified atom stereocenters. The number of benzene rings is 1. The summed E-state index contributed by atoms with van der Waals surface area (Å²) < 4.78 is 35.2. The van der Waals surface area contributed by atoms with Crippen LogP contribution in [0.3, 0.4) is 0 Å². The lowest BCUT2D eigenvalue weighted by Gasteiger charge is -2.22. The SMILES string of the molecule is CC[C@H]1O[C@@H]2OC(CF)O[C@@H]2[C@H]1OCc1ccccc1Cl. The highest BCUT2D eigenvalue weighted by Crippen LogP contribution is 2.36. The molecular formula is C15H18ClFO4. The van der Waals surface area contributed by atoms with Gasteiger partial charge in [0.1, 0.15) is 18.9 Å².